The second-order valence-electron chi connectivity index (χ2n) is 2.81. The second kappa shape index (κ2) is 3.38. The van der Waals surface area contributed by atoms with Crippen LogP contribution in [0.5, 0.6) is 16.6 Å². The zero-order chi connectivity index (χ0) is 10.1. The molecule has 0 amide bonds. The van der Waals surface area contributed by atoms with Crippen molar-refractivity contribution in [3.8, 4) is 16.6 Å². The Balaban J connectivity index is 2.74. The molecular weight excluding hydrogens is 200 g/mol. The lowest BCUT2D eigenvalue weighted by Crippen LogP contribution is -1.85. The summed E-state index contributed by atoms with van der Waals surface area (Å²) in [4.78, 5) is 0. The third-order valence-corrected chi connectivity index (χ3v) is 3.10. The monoisotopic (exact) mass is 210 g/mol. The number of ether oxygens (including phenoxy) is 2. The van der Waals surface area contributed by atoms with E-state index in [1.165, 1.54) is 11.3 Å². The molecule has 14 heavy (non-hydrogen) atoms. The molecule has 3 nitrogen and oxygen atoms in total. The number of hydrogen-bond donors (Lipinski definition) is 1. The van der Waals surface area contributed by atoms with Gasteiger partial charge in [0.05, 0.1) is 14.2 Å². The minimum absolute atomic E-state index is 0.233. The van der Waals surface area contributed by atoms with Crippen LogP contribution in [0, 0.1) is 0 Å². The van der Waals surface area contributed by atoms with Crippen molar-refractivity contribution in [3.63, 3.8) is 0 Å². The lowest BCUT2D eigenvalue weighted by molar-refractivity contribution is 0.367. The summed E-state index contributed by atoms with van der Waals surface area (Å²) in [5, 5.41) is 11.0. The number of rotatable bonds is 2. The van der Waals surface area contributed by atoms with Gasteiger partial charge >= 0.3 is 0 Å². The lowest BCUT2D eigenvalue weighted by Gasteiger charge is -2.00. The molecule has 0 aliphatic rings. The average Bonchev–Trinajstić information content (AvgIpc) is 2.54. The highest BCUT2D eigenvalue weighted by Gasteiger charge is 2.13. The summed E-state index contributed by atoms with van der Waals surface area (Å²) in [7, 11) is 3.20. The zero-order valence-electron chi connectivity index (χ0n) is 7.90. The summed E-state index contributed by atoms with van der Waals surface area (Å²) in [6.45, 7) is 0. The van der Waals surface area contributed by atoms with Gasteiger partial charge in [-0.25, -0.2) is 0 Å². The van der Waals surface area contributed by atoms with E-state index in [9.17, 15) is 5.11 Å². The molecule has 1 aromatic heterocycles. The van der Waals surface area contributed by atoms with Crippen molar-refractivity contribution in [2.24, 2.45) is 0 Å². The maximum Gasteiger partial charge on any atom is 0.217 e. The molecule has 2 aromatic rings. The quantitative estimate of drug-likeness (QED) is 0.828. The molecule has 2 rings (SSSR count). The Labute approximate surface area is 85.5 Å². The Morgan fingerprint density at radius 1 is 1.21 bits per heavy atom. The summed E-state index contributed by atoms with van der Waals surface area (Å²) >= 11 is 1.50. The Morgan fingerprint density at radius 2 is 2.00 bits per heavy atom. The van der Waals surface area contributed by atoms with Gasteiger partial charge in [0.15, 0.2) is 5.75 Å². The van der Waals surface area contributed by atoms with Crippen molar-refractivity contribution in [2.45, 2.75) is 0 Å². The van der Waals surface area contributed by atoms with Gasteiger partial charge in [-0.2, -0.15) is 0 Å². The van der Waals surface area contributed by atoms with Crippen LogP contribution in [0.1, 0.15) is 0 Å². The molecule has 4 heteroatoms. The molecule has 0 saturated carbocycles. The first kappa shape index (κ1) is 9.15. The molecule has 0 radical (unpaired) electrons. The van der Waals surface area contributed by atoms with Crippen molar-refractivity contribution < 1.29 is 14.6 Å². The Morgan fingerprint density at radius 3 is 2.64 bits per heavy atom. The molecule has 1 heterocycles. The number of hydrogen-bond acceptors (Lipinski definition) is 4. The topological polar surface area (TPSA) is 38.7 Å². The van der Waals surface area contributed by atoms with Crippen molar-refractivity contribution in [2.75, 3.05) is 14.2 Å². The molecule has 0 bridgehead atoms. The van der Waals surface area contributed by atoms with Crippen LogP contribution < -0.4 is 9.47 Å². The minimum Gasteiger partial charge on any atom is -0.508 e. The van der Waals surface area contributed by atoms with Gasteiger partial charge < -0.3 is 14.6 Å². The van der Waals surface area contributed by atoms with Gasteiger partial charge in [-0.1, -0.05) is 11.3 Å². The van der Waals surface area contributed by atoms with E-state index >= 15 is 0 Å². The van der Waals surface area contributed by atoms with Gasteiger partial charge in [-0.15, -0.1) is 0 Å². The van der Waals surface area contributed by atoms with Gasteiger partial charge in [-0.3, -0.25) is 0 Å². The molecular formula is C10H10O3S. The van der Waals surface area contributed by atoms with E-state index in [1.807, 2.05) is 6.07 Å². The van der Waals surface area contributed by atoms with E-state index < -0.39 is 0 Å². The summed E-state index contributed by atoms with van der Waals surface area (Å²) in [5.74, 6) is 0.916. The van der Waals surface area contributed by atoms with Crippen molar-refractivity contribution >= 4 is 21.4 Å². The lowest BCUT2D eigenvalue weighted by atomic mass is 10.2. The first-order valence-electron chi connectivity index (χ1n) is 4.09. The SMILES string of the molecule is COc1sc2ccc(O)cc2c1OC. The third-order valence-electron chi connectivity index (χ3n) is 1.99. The Hall–Kier alpha value is -1.42. The van der Waals surface area contributed by atoms with Crippen molar-refractivity contribution in [1.82, 2.24) is 0 Å². The Bertz CT molecular complexity index is 462. The van der Waals surface area contributed by atoms with E-state index in [2.05, 4.69) is 0 Å². The van der Waals surface area contributed by atoms with Crippen LogP contribution in [0.4, 0.5) is 0 Å². The fourth-order valence-corrected chi connectivity index (χ4v) is 2.33. The molecule has 74 valence electrons. The maximum absolute atomic E-state index is 9.34. The number of benzene rings is 1. The highest BCUT2D eigenvalue weighted by atomic mass is 32.1. The number of thiophene rings is 1. The fraction of sp³-hybridized carbons (Fsp3) is 0.200. The van der Waals surface area contributed by atoms with Crippen LogP contribution in [-0.2, 0) is 0 Å². The number of phenols is 1. The molecule has 1 aromatic carbocycles. The molecule has 0 aliphatic heterocycles. The molecule has 1 N–H and O–H groups in total. The van der Waals surface area contributed by atoms with E-state index in [0.29, 0.717) is 5.75 Å². The van der Waals surface area contributed by atoms with Crippen LogP contribution in [0.3, 0.4) is 0 Å². The summed E-state index contributed by atoms with van der Waals surface area (Å²) in [6, 6.07) is 5.17. The van der Waals surface area contributed by atoms with Crippen LogP contribution in [0.2, 0.25) is 0 Å². The van der Waals surface area contributed by atoms with E-state index in [0.717, 1.165) is 15.1 Å². The molecule has 0 saturated heterocycles. The number of fused-ring (bicyclic) bond motifs is 1. The highest BCUT2D eigenvalue weighted by Crippen LogP contribution is 2.44. The van der Waals surface area contributed by atoms with Gasteiger partial charge in [0.25, 0.3) is 0 Å². The molecule has 0 atom stereocenters. The first-order chi connectivity index (χ1) is 6.76. The van der Waals surface area contributed by atoms with Crippen LogP contribution in [0.25, 0.3) is 10.1 Å². The molecule has 0 fully saturated rings. The van der Waals surface area contributed by atoms with Crippen molar-refractivity contribution in [3.05, 3.63) is 18.2 Å². The Kier molecular flexibility index (Phi) is 2.21. The summed E-state index contributed by atoms with van der Waals surface area (Å²) < 4.78 is 11.4. The van der Waals surface area contributed by atoms with Gasteiger partial charge in [0.1, 0.15) is 5.75 Å². The number of phenolic OH excluding ortho intramolecular Hbond substituents is 1. The highest BCUT2D eigenvalue weighted by molar-refractivity contribution is 7.21. The standard InChI is InChI=1S/C10H10O3S/c1-12-9-7-5-6(11)3-4-8(7)14-10(9)13-2/h3-5,11H,1-2H3. The van der Waals surface area contributed by atoms with Gasteiger partial charge in [0.2, 0.25) is 5.06 Å². The summed E-state index contributed by atoms with van der Waals surface area (Å²) in [5.41, 5.74) is 0. The zero-order valence-corrected chi connectivity index (χ0v) is 8.72. The van der Waals surface area contributed by atoms with E-state index in [4.69, 9.17) is 9.47 Å². The first-order valence-corrected chi connectivity index (χ1v) is 4.91. The average molecular weight is 210 g/mol. The van der Waals surface area contributed by atoms with Crippen LogP contribution in [0.15, 0.2) is 18.2 Å². The van der Waals surface area contributed by atoms with Gasteiger partial charge in [-0.05, 0) is 18.2 Å². The molecule has 0 aliphatic carbocycles. The predicted molar refractivity (Wildman–Crippen MR) is 56.6 cm³/mol. The fourth-order valence-electron chi connectivity index (χ4n) is 1.37. The second-order valence-corrected chi connectivity index (χ2v) is 3.82. The molecule has 0 unspecified atom stereocenters. The van der Waals surface area contributed by atoms with E-state index in [-0.39, 0.29) is 5.75 Å². The third kappa shape index (κ3) is 1.28. The number of methoxy groups -OCH3 is 2. The smallest absolute Gasteiger partial charge is 0.217 e. The number of aromatic hydroxyl groups is 1. The molecule has 0 spiro atoms. The van der Waals surface area contributed by atoms with E-state index in [1.54, 1.807) is 26.4 Å². The summed E-state index contributed by atoms with van der Waals surface area (Å²) in [6.07, 6.45) is 0. The van der Waals surface area contributed by atoms with Crippen LogP contribution >= 0.6 is 11.3 Å². The maximum atomic E-state index is 9.34. The van der Waals surface area contributed by atoms with Crippen LogP contribution in [-0.4, -0.2) is 19.3 Å². The largest absolute Gasteiger partial charge is 0.508 e. The minimum atomic E-state index is 0.233. The van der Waals surface area contributed by atoms with Gasteiger partial charge in [0, 0.05) is 10.1 Å². The predicted octanol–water partition coefficient (Wildman–Crippen LogP) is 2.62. The van der Waals surface area contributed by atoms with Crippen molar-refractivity contribution in [1.29, 1.82) is 0 Å². The normalized spacial score (nSPS) is 10.4.